The van der Waals surface area contributed by atoms with Gasteiger partial charge in [0.2, 0.25) is 18.2 Å². The maximum absolute atomic E-state index is 13.4. The summed E-state index contributed by atoms with van der Waals surface area (Å²) >= 11 is 6.04. The van der Waals surface area contributed by atoms with Gasteiger partial charge in [-0.15, -0.1) is 0 Å². The number of hydrogen-bond donors (Lipinski definition) is 4. The van der Waals surface area contributed by atoms with E-state index in [1.807, 2.05) is 16.9 Å². The number of nitrogens with one attached hydrogen (secondary N) is 4. The van der Waals surface area contributed by atoms with Crippen LogP contribution in [0, 0.1) is 5.92 Å². The summed E-state index contributed by atoms with van der Waals surface area (Å²) in [7, 11) is -4.36. The Labute approximate surface area is 226 Å². The molecule has 0 unspecified atom stereocenters. The Morgan fingerprint density at radius 3 is 2.68 bits per heavy atom. The van der Waals surface area contributed by atoms with E-state index in [1.165, 1.54) is 17.0 Å². The third-order valence-corrected chi connectivity index (χ3v) is 8.52. The topological polar surface area (TPSA) is 154 Å². The van der Waals surface area contributed by atoms with Gasteiger partial charge in [0.25, 0.3) is 5.91 Å². The maximum atomic E-state index is 13.4. The van der Waals surface area contributed by atoms with E-state index in [0.717, 1.165) is 25.7 Å². The second kappa shape index (κ2) is 11.7. The summed E-state index contributed by atoms with van der Waals surface area (Å²) < 4.78 is 29.8. The Bertz CT molecular complexity index is 1220. The number of fused-ring (bicyclic) bond motifs is 2. The Kier molecular flexibility index (Phi) is 8.61. The molecule has 2 heterocycles. The van der Waals surface area contributed by atoms with Crippen LogP contribution in [0.1, 0.15) is 51.4 Å². The molecule has 1 aliphatic carbocycles. The van der Waals surface area contributed by atoms with Crippen LogP contribution in [0.5, 0.6) is 0 Å². The van der Waals surface area contributed by atoms with Gasteiger partial charge in [0.15, 0.2) is 0 Å². The monoisotopic (exact) mass is 565 g/mol. The van der Waals surface area contributed by atoms with Crippen molar-refractivity contribution >= 4 is 51.6 Å². The summed E-state index contributed by atoms with van der Waals surface area (Å²) in [4.78, 5) is 52.6. The molecule has 4 atom stereocenters. The van der Waals surface area contributed by atoms with E-state index in [1.54, 1.807) is 12.1 Å². The first-order chi connectivity index (χ1) is 18.2. The Morgan fingerprint density at radius 1 is 1.13 bits per heavy atom. The van der Waals surface area contributed by atoms with E-state index in [4.69, 9.17) is 11.6 Å². The van der Waals surface area contributed by atoms with Crippen LogP contribution < -0.4 is 20.1 Å². The minimum Gasteiger partial charge on any atom is -0.347 e. The Hall–Kier alpha value is -3.12. The molecular weight excluding hydrogens is 534 g/mol. The molecule has 4 rings (SSSR count). The number of rotatable bonds is 6. The number of allylic oxidation sites excluding steroid dienone is 1. The molecular formula is C25H32ClN5O6S. The molecule has 38 heavy (non-hydrogen) atoms. The Morgan fingerprint density at radius 2 is 1.92 bits per heavy atom. The van der Waals surface area contributed by atoms with Gasteiger partial charge < -0.3 is 15.5 Å². The molecule has 206 valence electrons. The van der Waals surface area contributed by atoms with Gasteiger partial charge in [-0.3, -0.25) is 23.9 Å². The van der Waals surface area contributed by atoms with Gasteiger partial charge >= 0.3 is 10.2 Å². The maximum Gasteiger partial charge on any atom is 0.323 e. The highest BCUT2D eigenvalue weighted by Crippen LogP contribution is 2.45. The summed E-state index contributed by atoms with van der Waals surface area (Å²) in [5.74, 6) is -2.14. The van der Waals surface area contributed by atoms with E-state index >= 15 is 0 Å². The standard InChI is InChI=1S/C25H32ClN5O6S/c26-18-10-6-7-11-19(18)29-38(36,37)30-24(35)25-15-17(25)9-4-2-1-3-5-12-20(27-16-32)23(34)31-14-8-13-21(31)22(33)28-25/h4,6-7,9-11,16-17,20-21,29H,1-3,5,8,12-15H2,(H,27,32)(H,28,33)(H,30,35)/b9-4-/t17-,20+,21+,25-/m1/s1. The summed E-state index contributed by atoms with van der Waals surface area (Å²) in [6, 6.07) is 4.64. The molecule has 3 aliphatic rings. The first-order valence-electron chi connectivity index (χ1n) is 12.8. The predicted octanol–water partition coefficient (Wildman–Crippen LogP) is 1.61. The van der Waals surface area contributed by atoms with Crippen LogP contribution in [-0.2, 0) is 29.4 Å². The lowest BCUT2D eigenvalue weighted by molar-refractivity contribution is -0.141. The van der Waals surface area contributed by atoms with Crippen LogP contribution in [0.3, 0.4) is 0 Å². The number of para-hydroxylation sites is 1. The van der Waals surface area contributed by atoms with Crippen molar-refractivity contribution in [1.82, 2.24) is 20.3 Å². The van der Waals surface area contributed by atoms with Gasteiger partial charge in [-0.25, -0.2) is 4.72 Å². The molecule has 13 heteroatoms. The average molecular weight is 566 g/mol. The van der Waals surface area contributed by atoms with E-state index in [9.17, 15) is 27.6 Å². The number of carbonyl (C=O) groups excluding carboxylic acids is 4. The SMILES string of the molecule is O=CN[C@H]1CCCCC/C=C\[C@@H]2C[C@@]2(C(=O)NS(=O)(=O)Nc2ccccc2Cl)NC(=O)[C@@H]2CCCN2C1=O. The number of nitrogens with zero attached hydrogens (tertiary/aromatic N) is 1. The second-order valence-corrected chi connectivity index (χ2v) is 11.7. The fourth-order valence-electron chi connectivity index (χ4n) is 5.12. The van der Waals surface area contributed by atoms with Crippen LogP contribution in [0.2, 0.25) is 5.02 Å². The molecule has 4 N–H and O–H groups in total. The minimum absolute atomic E-state index is 0.101. The second-order valence-electron chi connectivity index (χ2n) is 9.88. The van der Waals surface area contributed by atoms with Gasteiger partial charge in [-0.2, -0.15) is 8.42 Å². The summed E-state index contributed by atoms with van der Waals surface area (Å²) in [5, 5.41) is 5.51. The Balaban J connectivity index is 1.55. The van der Waals surface area contributed by atoms with Gasteiger partial charge in [0, 0.05) is 12.5 Å². The van der Waals surface area contributed by atoms with Gasteiger partial charge in [0.1, 0.15) is 17.6 Å². The van der Waals surface area contributed by atoms with Crippen molar-refractivity contribution in [3.63, 3.8) is 0 Å². The predicted molar refractivity (Wildman–Crippen MR) is 141 cm³/mol. The number of halogens is 1. The third-order valence-electron chi connectivity index (χ3n) is 7.25. The lowest BCUT2D eigenvalue weighted by Gasteiger charge is -2.29. The number of carbonyl (C=O) groups is 4. The van der Waals surface area contributed by atoms with Crippen LogP contribution >= 0.6 is 11.6 Å². The quantitative estimate of drug-likeness (QED) is 0.303. The molecule has 2 fully saturated rings. The first-order valence-corrected chi connectivity index (χ1v) is 14.6. The molecule has 1 saturated carbocycles. The number of benzene rings is 1. The zero-order valence-electron chi connectivity index (χ0n) is 20.8. The van der Waals surface area contributed by atoms with Gasteiger partial charge in [-0.05, 0) is 50.7 Å². The first kappa shape index (κ1) is 27.9. The molecule has 0 bridgehead atoms. The van der Waals surface area contributed by atoms with E-state index in [-0.39, 0.29) is 23.0 Å². The van der Waals surface area contributed by atoms with Crippen LogP contribution in [0.4, 0.5) is 5.69 Å². The van der Waals surface area contributed by atoms with Crippen molar-refractivity contribution in [2.24, 2.45) is 5.92 Å². The zero-order valence-corrected chi connectivity index (χ0v) is 22.4. The van der Waals surface area contributed by atoms with Crippen molar-refractivity contribution < 1.29 is 27.6 Å². The molecule has 1 aromatic rings. The third kappa shape index (κ3) is 6.29. The molecule has 0 radical (unpaired) electrons. The van der Waals surface area contributed by atoms with Crippen molar-refractivity contribution in [3.8, 4) is 0 Å². The fraction of sp³-hybridized carbons (Fsp3) is 0.520. The fourth-order valence-corrected chi connectivity index (χ4v) is 6.31. The largest absolute Gasteiger partial charge is 0.347 e. The van der Waals surface area contributed by atoms with E-state index in [2.05, 4.69) is 15.4 Å². The van der Waals surface area contributed by atoms with Crippen LogP contribution in [0.15, 0.2) is 36.4 Å². The van der Waals surface area contributed by atoms with Gasteiger partial charge in [0.05, 0.1) is 10.7 Å². The van der Waals surface area contributed by atoms with Crippen molar-refractivity contribution in [3.05, 3.63) is 41.4 Å². The van der Waals surface area contributed by atoms with E-state index < -0.39 is 45.6 Å². The molecule has 1 saturated heterocycles. The summed E-state index contributed by atoms with van der Waals surface area (Å²) in [6.45, 7) is 0.354. The lowest BCUT2D eigenvalue weighted by Crippen LogP contribution is -2.58. The van der Waals surface area contributed by atoms with Crippen LogP contribution in [0.25, 0.3) is 0 Å². The number of amides is 4. The molecule has 2 aliphatic heterocycles. The highest BCUT2D eigenvalue weighted by molar-refractivity contribution is 7.91. The number of hydrogen-bond acceptors (Lipinski definition) is 6. The molecule has 11 nitrogen and oxygen atoms in total. The zero-order chi connectivity index (χ0) is 27.3. The van der Waals surface area contributed by atoms with Crippen molar-refractivity contribution in [1.29, 1.82) is 0 Å². The minimum atomic E-state index is -4.36. The van der Waals surface area contributed by atoms with Gasteiger partial charge in [-0.1, -0.05) is 48.7 Å². The molecule has 1 aromatic carbocycles. The van der Waals surface area contributed by atoms with E-state index in [0.29, 0.717) is 32.2 Å². The smallest absolute Gasteiger partial charge is 0.323 e. The normalized spacial score (nSPS) is 29.0. The molecule has 4 amide bonds. The highest BCUT2D eigenvalue weighted by Gasteiger charge is 2.61. The average Bonchev–Trinajstić information content (AvgIpc) is 3.33. The number of anilines is 1. The van der Waals surface area contributed by atoms with Crippen LogP contribution in [-0.4, -0.2) is 61.6 Å². The highest BCUT2D eigenvalue weighted by atomic mass is 35.5. The summed E-state index contributed by atoms with van der Waals surface area (Å²) in [6.07, 6.45) is 9.10. The molecule has 0 spiro atoms. The van der Waals surface area contributed by atoms with Crippen molar-refractivity contribution in [2.75, 3.05) is 11.3 Å². The van der Waals surface area contributed by atoms with Crippen molar-refractivity contribution in [2.45, 2.75) is 69.0 Å². The summed E-state index contributed by atoms with van der Waals surface area (Å²) in [5.41, 5.74) is -1.37. The lowest BCUT2D eigenvalue weighted by atomic mass is 10.1. The molecule has 0 aromatic heterocycles.